The Hall–Kier alpha value is -2.79. The number of aromatic nitrogens is 2. The molecule has 0 radical (unpaired) electrons. The topological polar surface area (TPSA) is 126 Å². The van der Waals surface area contributed by atoms with Crippen LogP contribution in [-0.2, 0) is 19.6 Å². The minimum atomic E-state index is -3.57. The molecule has 31 heavy (non-hydrogen) atoms. The Morgan fingerprint density at radius 3 is 2.48 bits per heavy atom. The first kappa shape index (κ1) is 22.9. The van der Waals surface area contributed by atoms with E-state index in [0.29, 0.717) is 30.5 Å². The van der Waals surface area contributed by atoms with Crippen LogP contribution in [0.3, 0.4) is 0 Å². The molecule has 168 valence electrons. The van der Waals surface area contributed by atoms with Crippen LogP contribution in [0.5, 0.6) is 0 Å². The predicted molar refractivity (Wildman–Crippen MR) is 113 cm³/mol. The summed E-state index contributed by atoms with van der Waals surface area (Å²) < 4.78 is 31.7. The van der Waals surface area contributed by atoms with E-state index in [1.165, 1.54) is 21.3 Å². The smallest absolute Gasteiger partial charge is 0.248 e. The summed E-state index contributed by atoms with van der Waals surface area (Å²) in [6, 6.07) is 5.70. The van der Waals surface area contributed by atoms with Crippen LogP contribution < -0.4 is 10.2 Å². The molecule has 3 rings (SSSR count). The average molecular weight is 450 g/mol. The van der Waals surface area contributed by atoms with Crippen LogP contribution in [-0.4, -0.2) is 54.3 Å². The van der Waals surface area contributed by atoms with E-state index in [1.54, 1.807) is 39.8 Å². The highest BCUT2D eigenvalue weighted by Crippen LogP contribution is 2.27. The van der Waals surface area contributed by atoms with Crippen LogP contribution in [0.4, 0.5) is 5.69 Å². The molecule has 1 aromatic carbocycles. The number of amides is 2. The summed E-state index contributed by atoms with van der Waals surface area (Å²) in [6.07, 6.45) is 0.0703. The van der Waals surface area contributed by atoms with Crippen molar-refractivity contribution in [3.63, 3.8) is 0 Å². The maximum atomic E-state index is 12.6. The van der Waals surface area contributed by atoms with Gasteiger partial charge in [0.1, 0.15) is 6.04 Å². The highest BCUT2D eigenvalue weighted by Gasteiger charge is 2.36. The maximum absolute atomic E-state index is 12.6. The van der Waals surface area contributed by atoms with Gasteiger partial charge in [-0.05, 0) is 38.1 Å². The fraction of sp³-hybridized carbons (Fsp3) is 0.500. The van der Waals surface area contributed by atoms with Gasteiger partial charge in [0.25, 0.3) is 0 Å². The van der Waals surface area contributed by atoms with Gasteiger partial charge >= 0.3 is 0 Å². The molecule has 1 saturated heterocycles. The van der Waals surface area contributed by atoms with Crippen LogP contribution >= 0.6 is 0 Å². The summed E-state index contributed by atoms with van der Waals surface area (Å²) in [5.41, 5.74) is 0.555. The van der Waals surface area contributed by atoms with Crippen LogP contribution in [0.1, 0.15) is 44.9 Å². The zero-order valence-electron chi connectivity index (χ0n) is 18.0. The molecular weight excluding hydrogens is 422 g/mol. The van der Waals surface area contributed by atoms with Gasteiger partial charge in [0.05, 0.1) is 10.8 Å². The molecule has 1 aromatic heterocycles. The zero-order chi connectivity index (χ0) is 22.8. The first-order valence-corrected chi connectivity index (χ1v) is 11.6. The van der Waals surface area contributed by atoms with Crippen molar-refractivity contribution in [3.8, 4) is 0 Å². The normalized spacial score (nSPS) is 17.9. The standard InChI is InChI=1S/C20H27N5O5S/c1-5-24(6-2)31(28,29)17-9-7-16(8-10-17)25-12-15(11-18(25)26)19(27)21-13(3)20-22-14(4)23-30-20/h7-10,13,15H,5-6,11-12H2,1-4H3,(H,21,27). The van der Waals surface area contributed by atoms with Crippen LogP contribution in [0, 0.1) is 12.8 Å². The molecule has 0 spiro atoms. The van der Waals surface area contributed by atoms with Crippen molar-refractivity contribution in [2.24, 2.45) is 5.92 Å². The first-order chi connectivity index (χ1) is 14.7. The largest absolute Gasteiger partial charge is 0.344 e. The van der Waals surface area contributed by atoms with Crippen molar-refractivity contribution in [1.82, 2.24) is 19.8 Å². The van der Waals surface area contributed by atoms with E-state index in [4.69, 9.17) is 4.52 Å². The third-order valence-corrected chi connectivity index (χ3v) is 7.32. The quantitative estimate of drug-likeness (QED) is 0.649. The minimum absolute atomic E-state index is 0.0703. The van der Waals surface area contributed by atoms with Gasteiger partial charge in [-0.1, -0.05) is 19.0 Å². The van der Waals surface area contributed by atoms with E-state index >= 15 is 0 Å². The number of benzene rings is 1. The summed E-state index contributed by atoms with van der Waals surface area (Å²) in [4.78, 5) is 30.9. The summed E-state index contributed by atoms with van der Waals surface area (Å²) >= 11 is 0. The van der Waals surface area contributed by atoms with Crippen LogP contribution in [0.15, 0.2) is 33.7 Å². The Balaban J connectivity index is 1.68. The van der Waals surface area contributed by atoms with Gasteiger partial charge in [0.15, 0.2) is 5.82 Å². The fourth-order valence-electron chi connectivity index (χ4n) is 3.53. The number of nitrogens with zero attached hydrogens (tertiary/aromatic N) is 4. The van der Waals surface area contributed by atoms with Gasteiger partial charge in [-0.2, -0.15) is 9.29 Å². The molecule has 1 aliphatic heterocycles. The summed E-state index contributed by atoms with van der Waals surface area (Å²) in [7, 11) is -3.57. The van der Waals surface area contributed by atoms with E-state index in [9.17, 15) is 18.0 Å². The lowest BCUT2D eigenvalue weighted by Crippen LogP contribution is -2.34. The van der Waals surface area contributed by atoms with Crippen molar-refractivity contribution < 1.29 is 22.5 Å². The van der Waals surface area contributed by atoms with E-state index in [0.717, 1.165) is 0 Å². The van der Waals surface area contributed by atoms with Gasteiger partial charge in [-0.3, -0.25) is 9.59 Å². The van der Waals surface area contributed by atoms with Crippen LogP contribution in [0.2, 0.25) is 0 Å². The van der Waals surface area contributed by atoms with E-state index < -0.39 is 22.0 Å². The fourth-order valence-corrected chi connectivity index (χ4v) is 4.98. The number of hydrogen-bond acceptors (Lipinski definition) is 7. The van der Waals surface area contributed by atoms with Gasteiger partial charge in [0, 0.05) is 31.7 Å². The summed E-state index contributed by atoms with van der Waals surface area (Å²) in [5.74, 6) is -0.222. The second-order valence-electron chi connectivity index (χ2n) is 7.40. The molecule has 11 heteroatoms. The van der Waals surface area contributed by atoms with Crippen molar-refractivity contribution in [3.05, 3.63) is 36.0 Å². The second-order valence-corrected chi connectivity index (χ2v) is 9.34. The Bertz CT molecular complexity index is 1050. The summed E-state index contributed by atoms with van der Waals surface area (Å²) in [5, 5.41) is 6.51. The highest BCUT2D eigenvalue weighted by molar-refractivity contribution is 7.89. The van der Waals surface area contributed by atoms with Crippen LogP contribution in [0.25, 0.3) is 0 Å². The number of sulfonamides is 1. The lowest BCUT2D eigenvalue weighted by atomic mass is 10.1. The van der Waals surface area contributed by atoms with E-state index in [-0.39, 0.29) is 29.7 Å². The lowest BCUT2D eigenvalue weighted by molar-refractivity contribution is -0.127. The first-order valence-electron chi connectivity index (χ1n) is 10.2. The second kappa shape index (κ2) is 9.15. The lowest BCUT2D eigenvalue weighted by Gasteiger charge is -2.20. The van der Waals surface area contributed by atoms with Gasteiger partial charge in [-0.25, -0.2) is 8.42 Å². The Morgan fingerprint density at radius 2 is 1.94 bits per heavy atom. The molecule has 1 N–H and O–H groups in total. The Labute approximate surface area is 181 Å². The number of aryl methyl sites for hydroxylation is 1. The van der Waals surface area contributed by atoms with Crippen molar-refractivity contribution in [1.29, 1.82) is 0 Å². The van der Waals surface area contributed by atoms with Crippen molar-refractivity contribution >= 4 is 27.5 Å². The third-order valence-electron chi connectivity index (χ3n) is 5.26. The molecule has 2 aromatic rings. The maximum Gasteiger partial charge on any atom is 0.248 e. The molecule has 1 fully saturated rings. The number of nitrogens with one attached hydrogen (secondary N) is 1. The molecule has 0 saturated carbocycles. The van der Waals surface area contributed by atoms with E-state index in [2.05, 4.69) is 15.5 Å². The number of hydrogen-bond donors (Lipinski definition) is 1. The van der Waals surface area contributed by atoms with Crippen molar-refractivity contribution in [2.45, 2.75) is 45.1 Å². The molecule has 2 unspecified atom stereocenters. The monoisotopic (exact) mass is 449 g/mol. The Morgan fingerprint density at radius 1 is 1.29 bits per heavy atom. The van der Waals surface area contributed by atoms with Crippen molar-refractivity contribution in [2.75, 3.05) is 24.5 Å². The van der Waals surface area contributed by atoms with Gasteiger partial charge in [0.2, 0.25) is 27.7 Å². The predicted octanol–water partition coefficient (Wildman–Crippen LogP) is 1.64. The zero-order valence-corrected chi connectivity index (χ0v) is 18.8. The number of carbonyl (C=O) groups is 2. The molecule has 10 nitrogen and oxygen atoms in total. The molecule has 0 aliphatic carbocycles. The average Bonchev–Trinajstić information content (AvgIpc) is 3.34. The number of rotatable bonds is 8. The Kier molecular flexibility index (Phi) is 6.75. The molecule has 2 atom stereocenters. The summed E-state index contributed by atoms with van der Waals surface area (Å²) in [6.45, 7) is 7.95. The SMILES string of the molecule is CCN(CC)S(=O)(=O)c1ccc(N2CC(C(=O)NC(C)c3nc(C)no3)CC2=O)cc1. The van der Waals surface area contributed by atoms with E-state index in [1.807, 2.05) is 0 Å². The number of carbonyl (C=O) groups excluding carboxylic acids is 2. The molecule has 2 amide bonds. The third kappa shape index (κ3) is 4.77. The highest BCUT2D eigenvalue weighted by atomic mass is 32.2. The molecule has 1 aliphatic rings. The molecule has 2 heterocycles. The molecule has 0 bridgehead atoms. The minimum Gasteiger partial charge on any atom is -0.344 e. The number of anilines is 1. The molecular formula is C20H27N5O5S. The van der Waals surface area contributed by atoms with Gasteiger partial charge in [-0.15, -0.1) is 0 Å². The van der Waals surface area contributed by atoms with Gasteiger partial charge < -0.3 is 14.7 Å².